The van der Waals surface area contributed by atoms with Gasteiger partial charge in [-0.15, -0.1) is 0 Å². The normalized spacial score (nSPS) is 23.0. The van der Waals surface area contributed by atoms with Gasteiger partial charge in [-0.1, -0.05) is 12.1 Å². The average Bonchev–Trinajstić information content (AvgIpc) is 2.56. The minimum Gasteiger partial charge on any atom is -0.372 e. The molecule has 0 aromatic heterocycles. The van der Waals surface area contributed by atoms with E-state index in [1.54, 1.807) is 0 Å². The number of rotatable bonds is 4. The van der Waals surface area contributed by atoms with Gasteiger partial charge in [0.15, 0.2) is 0 Å². The van der Waals surface area contributed by atoms with Crippen LogP contribution in [0, 0.1) is 5.92 Å². The molecule has 1 N–H and O–H groups in total. The van der Waals surface area contributed by atoms with Crippen molar-refractivity contribution in [1.82, 2.24) is 5.32 Å². The predicted molar refractivity (Wildman–Crippen MR) is 94.9 cm³/mol. The van der Waals surface area contributed by atoms with Gasteiger partial charge < -0.3 is 4.90 Å². The lowest BCUT2D eigenvalue weighted by Crippen LogP contribution is -2.39. The number of anilines is 1. The summed E-state index contributed by atoms with van der Waals surface area (Å²) in [4.78, 5) is 25.6. The van der Waals surface area contributed by atoms with Crippen LogP contribution >= 0.6 is 11.8 Å². The van der Waals surface area contributed by atoms with Crippen LogP contribution in [0.1, 0.15) is 37.2 Å². The van der Waals surface area contributed by atoms with Crippen molar-refractivity contribution in [2.45, 2.75) is 31.6 Å². The molecule has 4 nitrogen and oxygen atoms in total. The van der Waals surface area contributed by atoms with E-state index < -0.39 is 0 Å². The molecule has 1 unspecified atom stereocenters. The quantitative estimate of drug-likeness (QED) is 0.862. The number of carbonyl (C=O) groups excluding carboxylic acids is 2. The SMILES string of the molecule is CSCC1CCN(c2ccc(C3CCC(=O)NC3=O)cc2)CC1. The van der Waals surface area contributed by atoms with Gasteiger partial charge in [-0.2, -0.15) is 11.8 Å². The Morgan fingerprint density at radius 2 is 1.83 bits per heavy atom. The van der Waals surface area contributed by atoms with Crippen molar-refractivity contribution in [2.75, 3.05) is 30.0 Å². The summed E-state index contributed by atoms with van der Waals surface area (Å²) in [7, 11) is 0. The van der Waals surface area contributed by atoms with Crippen LogP contribution in [0.5, 0.6) is 0 Å². The Kier molecular flexibility index (Phi) is 5.26. The van der Waals surface area contributed by atoms with Gasteiger partial charge in [-0.05, 0) is 54.9 Å². The molecule has 2 aliphatic rings. The molecule has 3 rings (SSSR count). The number of thioether (sulfide) groups is 1. The van der Waals surface area contributed by atoms with E-state index in [-0.39, 0.29) is 17.7 Å². The molecular formula is C18H24N2O2S. The van der Waals surface area contributed by atoms with Crippen LogP contribution in [0.15, 0.2) is 24.3 Å². The number of imide groups is 1. The van der Waals surface area contributed by atoms with Gasteiger partial charge >= 0.3 is 0 Å². The summed E-state index contributed by atoms with van der Waals surface area (Å²) < 4.78 is 0. The van der Waals surface area contributed by atoms with Gasteiger partial charge in [-0.25, -0.2) is 0 Å². The van der Waals surface area contributed by atoms with Gasteiger partial charge in [0.2, 0.25) is 11.8 Å². The maximum Gasteiger partial charge on any atom is 0.234 e. The monoisotopic (exact) mass is 332 g/mol. The second kappa shape index (κ2) is 7.39. The van der Waals surface area contributed by atoms with Crippen molar-refractivity contribution < 1.29 is 9.59 Å². The predicted octanol–water partition coefficient (Wildman–Crippen LogP) is 2.79. The highest BCUT2D eigenvalue weighted by molar-refractivity contribution is 7.98. The molecule has 1 atom stereocenters. The summed E-state index contributed by atoms with van der Waals surface area (Å²) in [5, 5.41) is 2.43. The molecule has 1 aromatic rings. The number of piperidine rings is 2. The molecule has 2 heterocycles. The van der Waals surface area contributed by atoms with Crippen LogP contribution in [0.4, 0.5) is 5.69 Å². The summed E-state index contributed by atoms with van der Waals surface area (Å²) in [5.41, 5.74) is 2.25. The van der Waals surface area contributed by atoms with Crippen molar-refractivity contribution >= 4 is 29.3 Å². The lowest BCUT2D eigenvalue weighted by Gasteiger charge is -2.33. The van der Waals surface area contributed by atoms with Crippen LogP contribution in [-0.2, 0) is 9.59 Å². The van der Waals surface area contributed by atoms with Crippen molar-refractivity contribution in [2.24, 2.45) is 5.92 Å². The highest BCUT2D eigenvalue weighted by Gasteiger charge is 2.28. The Morgan fingerprint density at radius 3 is 2.43 bits per heavy atom. The highest BCUT2D eigenvalue weighted by Crippen LogP contribution is 2.29. The topological polar surface area (TPSA) is 49.4 Å². The molecule has 0 bridgehead atoms. The third-order valence-corrected chi connectivity index (χ3v) is 5.72. The summed E-state index contributed by atoms with van der Waals surface area (Å²) in [5.74, 6) is 1.61. The van der Waals surface area contributed by atoms with E-state index in [0.717, 1.165) is 24.6 Å². The molecule has 1 aromatic carbocycles. The Hall–Kier alpha value is -1.49. The Labute approximate surface area is 142 Å². The molecule has 2 amide bonds. The molecule has 2 saturated heterocycles. The van der Waals surface area contributed by atoms with Crippen LogP contribution in [-0.4, -0.2) is 36.9 Å². The number of nitrogens with zero attached hydrogens (tertiary/aromatic N) is 1. The fourth-order valence-electron chi connectivity index (χ4n) is 3.52. The van der Waals surface area contributed by atoms with Crippen LogP contribution in [0.3, 0.4) is 0 Å². The summed E-state index contributed by atoms with van der Waals surface area (Å²) in [6.45, 7) is 2.23. The summed E-state index contributed by atoms with van der Waals surface area (Å²) in [6, 6.07) is 8.33. The Morgan fingerprint density at radius 1 is 1.13 bits per heavy atom. The lowest BCUT2D eigenvalue weighted by atomic mass is 9.90. The molecular weight excluding hydrogens is 308 g/mol. The van der Waals surface area contributed by atoms with E-state index in [2.05, 4.69) is 28.6 Å². The van der Waals surface area contributed by atoms with Crippen LogP contribution < -0.4 is 10.2 Å². The first-order valence-electron chi connectivity index (χ1n) is 8.35. The minimum atomic E-state index is -0.186. The lowest BCUT2D eigenvalue weighted by molar-refractivity contribution is -0.134. The second-order valence-electron chi connectivity index (χ2n) is 6.48. The number of carbonyl (C=O) groups is 2. The number of hydrogen-bond donors (Lipinski definition) is 1. The average molecular weight is 332 g/mol. The molecule has 5 heteroatoms. The number of benzene rings is 1. The van der Waals surface area contributed by atoms with Crippen molar-refractivity contribution in [1.29, 1.82) is 0 Å². The molecule has 2 aliphatic heterocycles. The highest BCUT2D eigenvalue weighted by atomic mass is 32.2. The van der Waals surface area contributed by atoms with Crippen LogP contribution in [0.2, 0.25) is 0 Å². The maximum absolute atomic E-state index is 11.9. The molecule has 0 radical (unpaired) electrons. The van der Waals surface area contributed by atoms with E-state index >= 15 is 0 Å². The smallest absolute Gasteiger partial charge is 0.234 e. The first kappa shape index (κ1) is 16.4. The van der Waals surface area contributed by atoms with Gasteiger partial charge in [0, 0.05) is 25.2 Å². The Balaban J connectivity index is 1.61. The molecule has 0 spiro atoms. The van der Waals surface area contributed by atoms with Crippen molar-refractivity contribution in [3.05, 3.63) is 29.8 Å². The van der Waals surface area contributed by atoms with Gasteiger partial charge in [-0.3, -0.25) is 14.9 Å². The zero-order valence-corrected chi connectivity index (χ0v) is 14.4. The maximum atomic E-state index is 11.9. The standard InChI is InChI=1S/C18H24N2O2S/c1-23-12-13-8-10-20(11-9-13)15-4-2-14(3-5-15)16-6-7-17(21)19-18(16)22/h2-5,13,16H,6-12H2,1H3,(H,19,21,22). The fraction of sp³-hybridized carbons (Fsp3) is 0.556. The minimum absolute atomic E-state index is 0.156. The van der Waals surface area contributed by atoms with Gasteiger partial charge in [0.25, 0.3) is 0 Å². The zero-order valence-electron chi connectivity index (χ0n) is 13.6. The first-order valence-corrected chi connectivity index (χ1v) is 9.74. The first-order chi connectivity index (χ1) is 11.2. The third-order valence-electron chi connectivity index (χ3n) is 4.92. The summed E-state index contributed by atoms with van der Waals surface area (Å²) in [6.07, 6.45) is 5.75. The van der Waals surface area contributed by atoms with Crippen molar-refractivity contribution in [3.8, 4) is 0 Å². The number of amides is 2. The fourth-order valence-corrected chi connectivity index (χ4v) is 4.33. The van der Waals surface area contributed by atoms with E-state index in [9.17, 15) is 9.59 Å². The zero-order chi connectivity index (χ0) is 16.2. The van der Waals surface area contributed by atoms with Gasteiger partial charge in [0.1, 0.15) is 0 Å². The number of nitrogens with one attached hydrogen (secondary N) is 1. The molecule has 23 heavy (non-hydrogen) atoms. The largest absolute Gasteiger partial charge is 0.372 e. The molecule has 0 saturated carbocycles. The summed E-state index contributed by atoms with van der Waals surface area (Å²) >= 11 is 1.94. The van der Waals surface area contributed by atoms with Crippen molar-refractivity contribution in [3.63, 3.8) is 0 Å². The number of hydrogen-bond acceptors (Lipinski definition) is 4. The van der Waals surface area contributed by atoms with Gasteiger partial charge in [0.05, 0.1) is 5.92 Å². The Bertz CT molecular complexity index is 565. The van der Waals surface area contributed by atoms with E-state index in [4.69, 9.17) is 0 Å². The van der Waals surface area contributed by atoms with Crippen LogP contribution in [0.25, 0.3) is 0 Å². The molecule has 2 fully saturated rings. The second-order valence-corrected chi connectivity index (χ2v) is 7.39. The van der Waals surface area contributed by atoms with E-state index in [0.29, 0.717) is 12.8 Å². The third kappa shape index (κ3) is 3.89. The molecule has 124 valence electrons. The van der Waals surface area contributed by atoms with E-state index in [1.807, 2.05) is 23.9 Å². The van der Waals surface area contributed by atoms with E-state index in [1.165, 1.54) is 24.3 Å². The molecule has 0 aliphatic carbocycles.